The van der Waals surface area contributed by atoms with E-state index in [1.54, 1.807) is 0 Å². The third-order valence-corrected chi connectivity index (χ3v) is 4.93. The average Bonchev–Trinajstić information content (AvgIpc) is 3.04. The number of rotatable bonds is 3. The lowest BCUT2D eigenvalue weighted by Crippen LogP contribution is -2.07. The van der Waals surface area contributed by atoms with E-state index in [0.29, 0.717) is 12.2 Å². The molecule has 2 heterocycles. The van der Waals surface area contributed by atoms with Gasteiger partial charge in [-0.1, -0.05) is 6.92 Å². The molecule has 106 valence electrons. The summed E-state index contributed by atoms with van der Waals surface area (Å²) in [5.74, 6) is -0.282. The first kappa shape index (κ1) is 13.9. The smallest absolute Gasteiger partial charge is 0.338 e. The van der Waals surface area contributed by atoms with Crippen LogP contribution in [0, 0.1) is 10.6 Å². The fourth-order valence-corrected chi connectivity index (χ4v) is 3.86. The minimum absolute atomic E-state index is 0.221. The van der Waals surface area contributed by atoms with Crippen molar-refractivity contribution in [1.82, 2.24) is 9.38 Å². The van der Waals surface area contributed by atoms with Gasteiger partial charge in [-0.05, 0) is 61.4 Å². The van der Waals surface area contributed by atoms with E-state index in [0.717, 1.165) is 20.7 Å². The van der Waals surface area contributed by atoms with Crippen LogP contribution in [0.5, 0.6) is 0 Å². The second-order valence-electron chi connectivity index (χ2n) is 5.61. The van der Waals surface area contributed by atoms with Gasteiger partial charge in [-0.3, -0.25) is 4.40 Å². The lowest BCUT2D eigenvalue weighted by Gasteiger charge is -2.07. The number of esters is 1. The molecule has 1 aliphatic rings. The van der Waals surface area contributed by atoms with E-state index < -0.39 is 0 Å². The molecule has 1 aliphatic carbocycles. The fourth-order valence-electron chi connectivity index (χ4n) is 2.46. The summed E-state index contributed by atoms with van der Waals surface area (Å²) in [6, 6.07) is 3.69. The molecule has 0 amide bonds. The quantitative estimate of drug-likeness (QED) is 0.601. The molecule has 0 saturated heterocycles. The van der Waals surface area contributed by atoms with Crippen LogP contribution < -0.4 is 0 Å². The number of carbonyl (C=O) groups is 1. The Bertz CT molecular complexity index is 701. The monoisotopic (exact) mass is 384 g/mol. The highest BCUT2D eigenvalue weighted by molar-refractivity contribution is 14.1. The van der Waals surface area contributed by atoms with Crippen molar-refractivity contribution in [3.8, 4) is 0 Å². The molecule has 0 atom stereocenters. The van der Waals surface area contributed by atoms with Crippen molar-refractivity contribution in [2.45, 2.75) is 39.0 Å². The highest BCUT2D eigenvalue weighted by atomic mass is 127. The van der Waals surface area contributed by atoms with Gasteiger partial charge in [0.1, 0.15) is 9.35 Å². The molecule has 2 aromatic heterocycles. The maximum atomic E-state index is 11.9. The van der Waals surface area contributed by atoms with E-state index in [2.05, 4.69) is 33.9 Å². The van der Waals surface area contributed by atoms with Gasteiger partial charge in [0.2, 0.25) is 0 Å². The fraction of sp³-hybridized carbons (Fsp3) is 0.467. The van der Waals surface area contributed by atoms with Gasteiger partial charge < -0.3 is 4.74 Å². The molecule has 0 unspecified atom stereocenters. The summed E-state index contributed by atoms with van der Waals surface area (Å²) in [5, 5.41) is 0. The van der Waals surface area contributed by atoms with Crippen LogP contribution >= 0.6 is 22.6 Å². The van der Waals surface area contributed by atoms with Gasteiger partial charge in [0, 0.05) is 11.1 Å². The Labute approximate surface area is 131 Å². The van der Waals surface area contributed by atoms with Gasteiger partial charge in [-0.2, -0.15) is 0 Å². The Morgan fingerprint density at radius 3 is 2.80 bits per heavy atom. The van der Waals surface area contributed by atoms with Crippen LogP contribution in [-0.4, -0.2) is 22.0 Å². The molecule has 0 bridgehead atoms. The number of aromatic nitrogens is 2. The summed E-state index contributed by atoms with van der Waals surface area (Å²) < 4.78 is 8.34. The van der Waals surface area contributed by atoms with E-state index in [-0.39, 0.29) is 11.4 Å². The molecule has 1 saturated carbocycles. The average molecular weight is 384 g/mol. The maximum absolute atomic E-state index is 11.9. The van der Waals surface area contributed by atoms with Gasteiger partial charge in [0.15, 0.2) is 0 Å². The van der Waals surface area contributed by atoms with Gasteiger partial charge in [-0.15, -0.1) is 0 Å². The summed E-state index contributed by atoms with van der Waals surface area (Å²) in [6.45, 7) is 6.45. The third kappa shape index (κ3) is 2.12. The van der Waals surface area contributed by atoms with Gasteiger partial charge in [0.05, 0.1) is 17.9 Å². The normalized spacial score (nSPS) is 16.4. The van der Waals surface area contributed by atoms with Crippen molar-refractivity contribution in [3.63, 3.8) is 0 Å². The molecule has 0 aromatic carbocycles. The lowest BCUT2D eigenvalue weighted by molar-refractivity contribution is 0.0526. The Balaban J connectivity index is 2.15. The molecule has 0 radical (unpaired) electrons. The van der Waals surface area contributed by atoms with Crippen LogP contribution in [0.1, 0.15) is 48.4 Å². The molecule has 0 aliphatic heterocycles. The van der Waals surface area contributed by atoms with Gasteiger partial charge in [0.25, 0.3) is 0 Å². The molecule has 3 rings (SSSR count). The molecule has 20 heavy (non-hydrogen) atoms. The lowest BCUT2D eigenvalue weighted by atomic mass is 10.1. The van der Waals surface area contributed by atoms with Crippen molar-refractivity contribution in [2.24, 2.45) is 0 Å². The first-order valence-corrected chi connectivity index (χ1v) is 7.90. The number of fused-ring (bicyclic) bond motifs is 1. The summed E-state index contributed by atoms with van der Waals surface area (Å²) in [5.41, 5.74) is 3.80. The summed E-state index contributed by atoms with van der Waals surface area (Å²) >= 11 is 2.35. The summed E-state index contributed by atoms with van der Waals surface area (Å²) in [6.07, 6.45) is 2.38. The minimum atomic E-state index is -0.282. The molecule has 5 heteroatoms. The summed E-state index contributed by atoms with van der Waals surface area (Å²) in [4.78, 5) is 16.6. The number of nitrogens with zero attached hydrogens (tertiary/aromatic N) is 2. The highest BCUT2D eigenvalue weighted by Gasteiger charge is 2.43. The van der Waals surface area contributed by atoms with E-state index in [9.17, 15) is 4.79 Å². The van der Waals surface area contributed by atoms with E-state index in [1.807, 2.05) is 26.0 Å². The molecule has 1 fully saturated rings. The molecule has 2 aromatic rings. The number of pyridine rings is 1. The third-order valence-electron chi connectivity index (χ3n) is 3.93. The first-order valence-electron chi connectivity index (χ1n) is 6.82. The Morgan fingerprint density at radius 1 is 1.50 bits per heavy atom. The SMILES string of the molecule is CCOC(=O)c1cc(C)n2c(I)c(C3(C)CC3)nc2c1. The van der Waals surface area contributed by atoms with Crippen molar-refractivity contribution in [2.75, 3.05) is 6.61 Å². The van der Waals surface area contributed by atoms with Crippen LogP contribution in [-0.2, 0) is 10.2 Å². The van der Waals surface area contributed by atoms with Crippen LogP contribution in [0.2, 0.25) is 0 Å². The molecule has 0 N–H and O–H groups in total. The van der Waals surface area contributed by atoms with E-state index in [4.69, 9.17) is 9.72 Å². The van der Waals surface area contributed by atoms with Crippen LogP contribution in [0.4, 0.5) is 0 Å². The number of carbonyl (C=O) groups excluding carboxylic acids is 1. The minimum Gasteiger partial charge on any atom is -0.462 e. The Morgan fingerprint density at radius 2 is 2.20 bits per heavy atom. The van der Waals surface area contributed by atoms with Crippen LogP contribution in [0.25, 0.3) is 5.65 Å². The van der Waals surface area contributed by atoms with Crippen molar-refractivity contribution in [3.05, 3.63) is 32.8 Å². The number of hydrogen-bond donors (Lipinski definition) is 0. The Hall–Kier alpha value is -1.11. The van der Waals surface area contributed by atoms with Crippen molar-refractivity contribution >= 4 is 34.2 Å². The topological polar surface area (TPSA) is 43.6 Å². The zero-order valence-corrected chi connectivity index (χ0v) is 14.0. The largest absolute Gasteiger partial charge is 0.462 e. The first-order chi connectivity index (χ1) is 9.46. The molecular weight excluding hydrogens is 367 g/mol. The van der Waals surface area contributed by atoms with E-state index in [1.165, 1.54) is 12.8 Å². The molecule has 0 spiro atoms. The Kier molecular flexibility index (Phi) is 3.27. The number of hydrogen-bond acceptors (Lipinski definition) is 3. The van der Waals surface area contributed by atoms with Crippen LogP contribution in [0.15, 0.2) is 12.1 Å². The van der Waals surface area contributed by atoms with Gasteiger partial charge in [-0.25, -0.2) is 9.78 Å². The summed E-state index contributed by atoms with van der Waals surface area (Å²) in [7, 11) is 0. The second-order valence-corrected chi connectivity index (χ2v) is 6.63. The number of aryl methyl sites for hydroxylation is 1. The van der Waals surface area contributed by atoms with Crippen molar-refractivity contribution in [1.29, 1.82) is 0 Å². The molecule has 4 nitrogen and oxygen atoms in total. The number of halogens is 1. The van der Waals surface area contributed by atoms with Crippen molar-refractivity contribution < 1.29 is 9.53 Å². The zero-order valence-electron chi connectivity index (χ0n) is 11.9. The van der Waals surface area contributed by atoms with Crippen LogP contribution in [0.3, 0.4) is 0 Å². The maximum Gasteiger partial charge on any atom is 0.338 e. The standard InChI is InChI=1S/C15H17IN2O2/c1-4-20-14(19)10-7-9(2)18-11(8-10)17-12(13(18)16)15(3)5-6-15/h7-8H,4-6H2,1-3H3. The van der Waals surface area contributed by atoms with E-state index >= 15 is 0 Å². The zero-order chi connectivity index (χ0) is 14.5. The number of imidazole rings is 1. The predicted octanol–water partition coefficient (Wildman–Crippen LogP) is 3.48. The molecular formula is C15H17IN2O2. The predicted molar refractivity (Wildman–Crippen MR) is 85.2 cm³/mol. The van der Waals surface area contributed by atoms with Gasteiger partial charge >= 0.3 is 5.97 Å². The second kappa shape index (κ2) is 4.72. The highest BCUT2D eigenvalue weighted by Crippen LogP contribution is 2.48. The number of ether oxygens (including phenoxy) is 1.